The molecule has 2 aromatic carbocycles. The molecule has 1 aromatic heterocycles. The smallest absolute Gasteiger partial charge is 0.128 e. The van der Waals surface area contributed by atoms with Gasteiger partial charge in [0.2, 0.25) is 0 Å². The normalized spacial score (nSPS) is 10.9. The van der Waals surface area contributed by atoms with E-state index in [1.165, 1.54) is 19.3 Å². The second kappa shape index (κ2) is 9.09. The summed E-state index contributed by atoms with van der Waals surface area (Å²) >= 11 is 3.47. The van der Waals surface area contributed by atoms with Gasteiger partial charge < -0.3 is 9.84 Å². The molecule has 0 spiro atoms. The van der Waals surface area contributed by atoms with E-state index in [9.17, 15) is 5.11 Å². The Balaban J connectivity index is 1.97. The summed E-state index contributed by atoms with van der Waals surface area (Å²) in [7, 11) is 1.65. The van der Waals surface area contributed by atoms with Crippen molar-refractivity contribution < 1.29 is 9.84 Å². The van der Waals surface area contributed by atoms with E-state index in [0.717, 1.165) is 51.0 Å². The Morgan fingerprint density at radius 3 is 2.56 bits per heavy atom. The summed E-state index contributed by atoms with van der Waals surface area (Å²) < 4.78 is 6.52. The third-order valence-electron chi connectivity index (χ3n) is 4.76. The monoisotopic (exact) mass is 428 g/mol. The first kappa shape index (κ1) is 19.5. The quantitative estimate of drug-likeness (QED) is 0.411. The number of hydrogen-bond acceptors (Lipinski definition) is 3. The highest BCUT2D eigenvalue weighted by Crippen LogP contribution is 2.39. The number of H-pyrrole nitrogens is 1. The summed E-state index contributed by atoms with van der Waals surface area (Å²) in [6, 6.07) is 11.8. The maximum Gasteiger partial charge on any atom is 0.128 e. The Morgan fingerprint density at radius 2 is 1.85 bits per heavy atom. The van der Waals surface area contributed by atoms with Crippen LogP contribution in [0.2, 0.25) is 0 Å². The zero-order valence-electron chi connectivity index (χ0n) is 15.8. The van der Waals surface area contributed by atoms with Crippen molar-refractivity contribution in [1.29, 1.82) is 0 Å². The maximum absolute atomic E-state index is 10.6. The van der Waals surface area contributed by atoms with E-state index in [1.807, 2.05) is 30.3 Å². The molecule has 0 radical (unpaired) electrons. The number of nitrogens with zero attached hydrogens (tertiary/aromatic N) is 1. The zero-order valence-corrected chi connectivity index (χ0v) is 17.3. The van der Waals surface area contributed by atoms with Crippen molar-refractivity contribution in [3.05, 3.63) is 52.6 Å². The number of methoxy groups -OCH3 is 1. The van der Waals surface area contributed by atoms with Gasteiger partial charge in [0.25, 0.3) is 0 Å². The minimum Gasteiger partial charge on any atom is -0.507 e. The van der Waals surface area contributed by atoms with Crippen LogP contribution in [-0.4, -0.2) is 22.4 Å². The summed E-state index contributed by atoms with van der Waals surface area (Å²) in [4.78, 5) is 0. The molecule has 4 nitrogen and oxygen atoms in total. The second-order valence-corrected chi connectivity index (χ2v) is 7.57. The van der Waals surface area contributed by atoms with E-state index < -0.39 is 0 Å². The number of nitrogens with one attached hydrogen (secondary N) is 1. The minimum atomic E-state index is 0.187. The largest absolute Gasteiger partial charge is 0.507 e. The van der Waals surface area contributed by atoms with E-state index in [2.05, 4.69) is 33.1 Å². The van der Waals surface area contributed by atoms with Gasteiger partial charge in [0.1, 0.15) is 11.5 Å². The Bertz CT molecular complexity index is 888. The number of benzene rings is 2. The molecule has 0 amide bonds. The van der Waals surface area contributed by atoms with E-state index >= 15 is 0 Å². The zero-order chi connectivity index (χ0) is 19.2. The predicted molar refractivity (Wildman–Crippen MR) is 113 cm³/mol. The van der Waals surface area contributed by atoms with Crippen molar-refractivity contribution in [2.75, 3.05) is 7.11 Å². The molecule has 142 valence electrons. The van der Waals surface area contributed by atoms with Crippen molar-refractivity contribution in [3.8, 4) is 33.9 Å². The van der Waals surface area contributed by atoms with Crippen LogP contribution in [0, 0.1) is 0 Å². The molecule has 0 atom stereocenters. The molecule has 5 heteroatoms. The first-order valence-corrected chi connectivity index (χ1v) is 10.1. The maximum atomic E-state index is 10.6. The van der Waals surface area contributed by atoms with Gasteiger partial charge in [0.15, 0.2) is 0 Å². The Hall–Kier alpha value is -2.27. The molecule has 0 bridgehead atoms. The third-order valence-corrected chi connectivity index (χ3v) is 5.29. The van der Waals surface area contributed by atoms with Crippen LogP contribution in [0.5, 0.6) is 11.5 Å². The average Bonchev–Trinajstić information content (AvgIpc) is 3.16. The molecule has 0 aliphatic rings. The highest BCUT2D eigenvalue weighted by atomic mass is 79.9. The van der Waals surface area contributed by atoms with Gasteiger partial charge in [-0.25, -0.2) is 0 Å². The Kier molecular flexibility index (Phi) is 6.56. The average molecular weight is 429 g/mol. The molecule has 2 N–H and O–H groups in total. The molecule has 0 unspecified atom stereocenters. The minimum absolute atomic E-state index is 0.187. The van der Waals surface area contributed by atoms with Crippen molar-refractivity contribution in [1.82, 2.24) is 10.2 Å². The molecule has 3 aromatic rings. The van der Waals surface area contributed by atoms with Gasteiger partial charge in [0.05, 0.1) is 19.0 Å². The molecule has 0 aliphatic heterocycles. The summed E-state index contributed by atoms with van der Waals surface area (Å²) in [5, 5.41) is 17.9. The molecule has 0 fully saturated rings. The summed E-state index contributed by atoms with van der Waals surface area (Å²) in [5.41, 5.74) is 4.67. The Labute approximate surface area is 168 Å². The van der Waals surface area contributed by atoms with E-state index in [4.69, 9.17) is 4.74 Å². The van der Waals surface area contributed by atoms with E-state index in [0.29, 0.717) is 0 Å². The van der Waals surface area contributed by atoms with Gasteiger partial charge in [-0.1, -0.05) is 54.2 Å². The van der Waals surface area contributed by atoms with Crippen molar-refractivity contribution in [2.24, 2.45) is 0 Å². The van der Waals surface area contributed by atoms with Crippen LogP contribution in [0.25, 0.3) is 22.4 Å². The number of phenols is 1. The van der Waals surface area contributed by atoms with Crippen LogP contribution in [0.4, 0.5) is 0 Å². The standard InChI is InChI=1S/C22H25BrN2O2/c1-3-4-5-6-7-16-12-18(20(26)13-21(16)27-2)22-19(14-24-25-22)15-8-10-17(23)11-9-15/h8-14,26H,3-7H2,1-2H3,(H,24,25). The number of ether oxygens (including phenoxy) is 1. The fourth-order valence-corrected chi connectivity index (χ4v) is 3.55. The van der Waals surface area contributed by atoms with Gasteiger partial charge in [-0.3, -0.25) is 5.10 Å². The number of halogens is 1. The fraction of sp³-hybridized carbons (Fsp3) is 0.318. The van der Waals surface area contributed by atoms with Gasteiger partial charge in [-0.15, -0.1) is 0 Å². The number of phenolic OH excluding ortho intramolecular Hbond substituents is 1. The topological polar surface area (TPSA) is 58.1 Å². The van der Waals surface area contributed by atoms with Gasteiger partial charge in [0, 0.05) is 21.7 Å². The first-order valence-electron chi connectivity index (χ1n) is 9.33. The molecular weight excluding hydrogens is 404 g/mol. The SMILES string of the molecule is CCCCCCc1cc(-c2[nH]ncc2-c2ccc(Br)cc2)c(O)cc1OC. The molecule has 3 rings (SSSR count). The van der Waals surface area contributed by atoms with Crippen molar-refractivity contribution in [2.45, 2.75) is 39.0 Å². The number of aromatic hydroxyl groups is 1. The van der Waals surface area contributed by atoms with Crippen molar-refractivity contribution >= 4 is 15.9 Å². The molecule has 1 heterocycles. The number of aromatic nitrogens is 2. The van der Waals surface area contributed by atoms with Crippen molar-refractivity contribution in [3.63, 3.8) is 0 Å². The number of aryl methyl sites for hydroxylation is 1. The van der Waals surface area contributed by atoms with Crippen LogP contribution in [-0.2, 0) is 6.42 Å². The highest BCUT2D eigenvalue weighted by Gasteiger charge is 2.17. The van der Waals surface area contributed by atoms with Gasteiger partial charge >= 0.3 is 0 Å². The lowest BCUT2D eigenvalue weighted by molar-refractivity contribution is 0.402. The Morgan fingerprint density at radius 1 is 1.07 bits per heavy atom. The van der Waals surface area contributed by atoms with Crippen LogP contribution in [0.15, 0.2) is 47.1 Å². The van der Waals surface area contributed by atoms with Crippen LogP contribution in [0.1, 0.15) is 38.2 Å². The number of hydrogen-bond donors (Lipinski definition) is 2. The highest BCUT2D eigenvalue weighted by molar-refractivity contribution is 9.10. The van der Waals surface area contributed by atoms with Crippen LogP contribution < -0.4 is 4.74 Å². The third kappa shape index (κ3) is 4.53. The number of rotatable bonds is 8. The number of unbranched alkanes of at least 4 members (excludes halogenated alkanes) is 3. The lowest BCUT2D eigenvalue weighted by Crippen LogP contribution is -1.95. The summed E-state index contributed by atoms with van der Waals surface area (Å²) in [6.07, 6.45) is 7.48. The molecule has 27 heavy (non-hydrogen) atoms. The lowest BCUT2D eigenvalue weighted by Gasteiger charge is -2.13. The van der Waals surface area contributed by atoms with Gasteiger partial charge in [-0.05, 0) is 42.2 Å². The summed E-state index contributed by atoms with van der Waals surface area (Å²) in [5.74, 6) is 0.921. The molecule has 0 aliphatic carbocycles. The lowest BCUT2D eigenvalue weighted by atomic mass is 9.97. The second-order valence-electron chi connectivity index (χ2n) is 6.66. The number of aromatic amines is 1. The first-order chi connectivity index (χ1) is 13.1. The molecular formula is C22H25BrN2O2. The molecule has 0 saturated heterocycles. The fourth-order valence-electron chi connectivity index (χ4n) is 3.28. The van der Waals surface area contributed by atoms with Crippen LogP contribution in [0.3, 0.4) is 0 Å². The van der Waals surface area contributed by atoms with E-state index in [-0.39, 0.29) is 5.75 Å². The van der Waals surface area contributed by atoms with E-state index in [1.54, 1.807) is 19.4 Å². The molecule has 0 saturated carbocycles. The predicted octanol–water partition coefficient (Wildman–Crippen LogP) is 6.34. The summed E-state index contributed by atoms with van der Waals surface area (Å²) in [6.45, 7) is 2.21. The van der Waals surface area contributed by atoms with Gasteiger partial charge in [-0.2, -0.15) is 5.10 Å². The van der Waals surface area contributed by atoms with Crippen LogP contribution >= 0.6 is 15.9 Å².